The fraction of sp³-hybridized carbons (Fsp3) is 0.533. The van der Waals surface area contributed by atoms with Crippen LogP contribution in [0, 0.1) is 5.92 Å². The van der Waals surface area contributed by atoms with E-state index in [0.717, 1.165) is 25.9 Å². The fourth-order valence-corrected chi connectivity index (χ4v) is 2.43. The summed E-state index contributed by atoms with van der Waals surface area (Å²) in [6, 6.07) is 7.11. The summed E-state index contributed by atoms with van der Waals surface area (Å²) >= 11 is 0. The number of piperidine rings is 1. The van der Waals surface area contributed by atoms with Gasteiger partial charge in [0.15, 0.2) is 6.61 Å². The highest BCUT2D eigenvalue weighted by Crippen LogP contribution is 2.19. The van der Waals surface area contributed by atoms with Crippen LogP contribution in [0.1, 0.15) is 26.2 Å². The summed E-state index contributed by atoms with van der Waals surface area (Å²) in [4.78, 5) is 14.0. The van der Waals surface area contributed by atoms with E-state index in [1.54, 1.807) is 24.3 Å². The zero-order valence-corrected chi connectivity index (χ0v) is 11.5. The number of nitrogens with two attached hydrogens (primary N) is 1. The van der Waals surface area contributed by atoms with E-state index >= 15 is 0 Å². The minimum absolute atomic E-state index is 0.0787. The van der Waals surface area contributed by atoms with Crippen molar-refractivity contribution in [3.8, 4) is 5.75 Å². The van der Waals surface area contributed by atoms with E-state index in [1.807, 2.05) is 4.90 Å². The van der Waals surface area contributed by atoms with E-state index in [0.29, 0.717) is 17.4 Å². The van der Waals surface area contributed by atoms with Crippen LogP contribution in [-0.4, -0.2) is 30.5 Å². The zero-order valence-electron chi connectivity index (χ0n) is 11.5. The molecule has 1 fully saturated rings. The predicted molar refractivity (Wildman–Crippen MR) is 75.9 cm³/mol. The minimum Gasteiger partial charge on any atom is -0.484 e. The molecule has 1 amide bonds. The molecule has 1 unspecified atom stereocenters. The second-order valence-electron chi connectivity index (χ2n) is 5.11. The molecule has 0 aromatic heterocycles. The van der Waals surface area contributed by atoms with Crippen LogP contribution in [0.25, 0.3) is 0 Å². The van der Waals surface area contributed by atoms with Crippen molar-refractivity contribution < 1.29 is 9.53 Å². The molecule has 4 heteroatoms. The lowest BCUT2D eigenvalue weighted by molar-refractivity contribution is -0.135. The molecule has 1 aromatic rings. The van der Waals surface area contributed by atoms with Crippen LogP contribution in [-0.2, 0) is 4.79 Å². The summed E-state index contributed by atoms with van der Waals surface area (Å²) in [5.74, 6) is 1.41. The first kappa shape index (κ1) is 13.7. The van der Waals surface area contributed by atoms with Crippen molar-refractivity contribution in [2.24, 2.45) is 5.92 Å². The highest BCUT2D eigenvalue weighted by molar-refractivity contribution is 5.77. The van der Waals surface area contributed by atoms with Crippen LogP contribution in [0.5, 0.6) is 5.75 Å². The number of carbonyl (C=O) groups excluding carboxylic acids is 1. The molecule has 0 spiro atoms. The van der Waals surface area contributed by atoms with Gasteiger partial charge in [-0.25, -0.2) is 0 Å². The van der Waals surface area contributed by atoms with Gasteiger partial charge in [-0.3, -0.25) is 4.79 Å². The number of ether oxygens (including phenoxy) is 1. The molecule has 1 saturated heterocycles. The smallest absolute Gasteiger partial charge is 0.260 e. The number of likely N-dealkylation sites (tertiary alicyclic amines) is 1. The first-order valence-corrected chi connectivity index (χ1v) is 6.95. The predicted octanol–water partition coefficient (Wildman–Crippen LogP) is 2.30. The van der Waals surface area contributed by atoms with Gasteiger partial charge in [0, 0.05) is 18.8 Å². The Morgan fingerprint density at radius 1 is 1.42 bits per heavy atom. The lowest BCUT2D eigenvalue weighted by atomic mass is 9.96. The van der Waals surface area contributed by atoms with Crippen molar-refractivity contribution >= 4 is 11.6 Å². The number of hydrogen-bond acceptors (Lipinski definition) is 3. The van der Waals surface area contributed by atoms with Gasteiger partial charge in [0.1, 0.15) is 5.75 Å². The number of carbonyl (C=O) groups is 1. The van der Waals surface area contributed by atoms with Gasteiger partial charge >= 0.3 is 0 Å². The Labute approximate surface area is 114 Å². The number of nitrogen functional groups attached to an aromatic ring is 1. The first-order valence-electron chi connectivity index (χ1n) is 6.95. The number of anilines is 1. The average Bonchev–Trinajstić information content (AvgIpc) is 2.46. The van der Waals surface area contributed by atoms with Gasteiger partial charge in [-0.15, -0.1) is 0 Å². The highest BCUT2D eigenvalue weighted by Gasteiger charge is 2.22. The Hall–Kier alpha value is -1.71. The van der Waals surface area contributed by atoms with Gasteiger partial charge in [-0.2, -0.15) is 0 Å². The van der Waals surface area contributed by atoms with Crippen molar-refractivity contribution in [3.63, 3.8) is 0 Å². The van der Waals surface area contributed by atoms with E-state index < -0.39 is 0 Å². The van der Waals surface area contributed by atoms with Gasteiger partial charge in [0.25, 0.3) is 5.91 Å². The first-order chi connectivity index (χ1) is 9.19. The monoisotopic (exact) mass is 262 g/mol. The molecule has 1 heterocycles. The van der Waals surface area contributed by atoms with Crippen molar-refractivity contribution in [1.29, 1.82) is 0 Å². The number of rotatable bonds is 4. The van der Waals surface area contributed by atoms with Crippen molar-refractivity contribution in [1.82, 2.24) is 4.90 Å². The molecule has 0 radical (unpaired) electrons. The molecule has 0 saturated carbocycles. The molecule has 0 aliphatic carbocycles. The Balaban J connectivity index is 1.82. The second kappa shape index (κ2) is 6.45. The normalized spacial score (nSPS) is 19.2. The summed E-state index contributed by atoms with van der Waals surface area (Å²) in [5, 5.41) is 0. The Kier molecular flexibility index (Phi) is 4.66. The standard InChI is InChI=1S/C15H22N2O2/c1-2-12-4-3-9-17(10-12)15(18)11-19-14-7-5-13(16)6-8-14/h5-8,12H,2-4,9-11,16H2,1H3. The van der Waals surface area contributed by atoms with E-state index in [1.165, 1.54) is 6.42 Å². The summed E-state index contributed by atoms with van der Waals surface area (Å²) < 4.78 is 5.50. The Morgan fingerprint density at radius 2 is 2.16 bits per heavy atom. The molecule has 1 aromatic carbocycles. The Morgan fingerprint density at radius 3 is 2.84 bits per heavy atom. The van der Waals surface area contributed by atoms with Gasteiger partial charge in [-0.05, 0) is 43.0 Å². The van der Waals surface area contributed by atoms with Crippen LogP contribution in [0.15, 0.2) is 24.3 Å². The van der Waals surface area contributed by atoms with Crippen LogP contribution >= 0.6 is 0 Å². The van der Waals surface area contributed by atoms with E-state index in [2.05, 4.69) is 6.92 Å². The third-order valence-electron chi connectivity index (χ3n) is 3.69. The summed E-state index contributed by atoms with van der Waals surface area (Å²) in [7, 11) is 0. The molecule has 2 N–H and O–H groups in total. The molecule has 4 nitrogen and oxygen atoms in total. The van der Waals surface area contributed by atoms with Crippen molar-refractivity contribution in [3.05, 3.63) is 24.3 Å². The number of amides is 1. The number of benzene rings is 1. The average molecular weight is 262 g/mol. The molecule has 1 aliphatic rings. The Bertz CT molecular complexity index is 417. The molecular formula is C15H22N2O2. The third-order valence-corrected chi connectivity index (χ3v) is 3.69. The molecule has 1 atom stereocenters. The van der Waals surface area contributed by atoms with E-state index in [-0.39, 0.29) is 12.5 Å². The fourth-order valence-electron chi connectivity index (χ4n) is 2.43. The SMILES string of the molecule is CCC1CCCN(C(=O)COc2ccc(N)cc2)C1. The second-order valence-corrected chi connectivity index (χ2v) is 5.11. The summed E-state index contributed by atoms with van der Waals surface area (Å²) in [6.07, 6.45) is 3.48. The molecular weight excluding hydrogens is 240 g/mol. The molecule has 19 heavy (non-hydrogen) atoms. The van der Waals surface area contributed by atoms with Crippen LogP contribution in [0.4, 0.5) is 5.69 Å². The maximum absolute atomic E-state index is 12.1. The molecule has 104 valence electrons. The van der Waals surface area contributed by atoms with Gasteiger partial charge in [0.2, 0.25) is 0 Å². The maximum Gasteiger partial charge on any atom is 0.260 e. The minimum atomic E-state index is 0.0787. The molecule has 1 aliphatic heterocycles. The van der Waals surface area contributed by atoms with Gasteiger partial charge < -0.3 is 15.4 Å². The topological polar surface area (TPSA) is 55.6 Å². The van der Waals surface area contributed by atoms with E-state index in [9.17, 15) is 4.79 Å². The number of hydrogen-bond donors (Lipinski definition) is 1. The zero-order chi connectivity index (χ0) is 13.7. The van der Waals surface area contributed by atoms with Crippen molar-refractivity contribution in [2.45, 2.75) is 26.2 Å². The quantitative estimate of drug-likeness (QED) is 0.847. The maximum atomic E-state index is 12.1. The summed E-state index contributed by atoms with van der Waals surface area (Å²) in [6.45, 7) is 4.03. The lowest BCUT2D eigenvalue weighted by Crippen LogP contribution is -2.42. The largest absolute Gasteiger partial charge is 0.484 e. The lowest BCUT2D eigenvalue weighted by Gasteiger charge is -2.32. The molecule has 2 rings (SSSR count). The molecule has 0 bridgehead atoms. The van der Waals surface area contributed by atoms with E-state index in [4.69, 9.17) is 10.5 Å². The number of nitrogens with zero attached hydrogens (tertiary/aromatic N) is 1. The van der Waals surface area contributed by atoms with Crippen LogP contribution in [0.3, 0.4) is 0 Å². The summed E-state index contributed by atoms with van der Waals surface area (Å²) in [5.41, 5.74) is 6.29. The van der Waals surface area contributed by atoms with Crippen molar-refractivity contribution in [2.75, 3.05) is 25.4 Å². The van der Waals surface area contributed by atoms with Crippen LogP contribution in [0.2, 0.25) is 0 Å². The highest BCUT2D eigenvalue weighted by atomic mass is 16.5. The van der Waals surface area contributed by atoms with Crippen LogP contribution < -0.4 is 10.5 Å². The third kappa shape index (κ3) is 3.88. The van der Waals surface area contributed by atoms with Gasteiger partial charge in [0.05, 0.1) is 0 Å². The van der Waals surface area contributed by atoms with Gasteiger partial charge in [-0.1, -0.05) is 13.3 Å².